The first-order valence-electron chi connectivity index (χ1n) is 7.72. The molecule has 4 aromatic rings. The molecule has 0 unspecified atom stereocenters. The molecule has 136 valence electrons. The van der Waals surface area contributed by atoms with E-state index in [4.69, 9.17) is 38.2 Å². The maximum absolute atomic E-state index is 6.18. The summed E-state index contributed by atoms with van der Waals surface area (Å²) in [6.45, 7) is 0. The second-order valence-electron chi connectivity index (χ2n) is 5.46. The van der Waals surface area contributed by atoms with Crippen LogP contribution < -0.4 is 10.5 Å². The van der Waals surface area contributed by atoms with Crippen molar-refractivity contribution in [1.82, 2.24) is 25.1 Å². The highest BCUT2D eigenvalue weighted by atomic mass is 35.5. The fourth-order valence-electron chi connectivity index (χ4n) is 2.49. The Balaban J connectivity index is 1.71. The summed E-state index contributed by atoms with van der Waals surface area (Å²) in [5.41, 5.74) is 7.69. The first-order valence-corrected chi connectivity index (χ1v) is 8.48. The van der Waals surface area contributed by atoms with E-state index < -0.39 is 0 Å². The zero-order valence-electron chi connectivity index (χ0n) is 13.9. The number of anilines is 1. The summed E-state index contributed by atoms with van der Waals surface area (Å²) in [5, 5.41) is 13.0. The fourth-order valence-corrected chi connectivity index (χ4v) is 2.96. The van der Waals surface area contributed by atoms with Crippen molar-refractivity contribution in [2.45, 2.75) is 0 Å². The molecule has 2 heterocycles. The Kier molecular flexibility index (Phi) is 4.43. The van der Waals surface area contributed by atoms with E-state index in [-0.39, 0.29) is 17.4 Å². The number of nitrogens with zero attached hydrogens (tertiary/aromatic N) is 5. The van der Waals surface area contributed by atoms with E-state index in [9.17, 15) is 0 Å². The predicted molar refractivity (Wildman–Crippen MR) is 101 cm³/mol. The molecule has 2 aromatic heterocycles. The van der Waals surface area contributed by atoms with Gasteiger partial charge in [0, 0.05) is 5.56 Å². The van der Waals surface area contributed by atoms with Crippen molar-refractivity contribution in [1.29, 1.82) is 0 Å². The third-order valence-electron chi connectivity index (χ3n) is 3.83. The number of ether oxygens (including phenoxy) is 1. The lowest BCUT2D eigenvalue weighted by molar-refractivity contribution is 0.415. The Hall–Kier alpha value is -3.10. The van der Waals surface area contributed by atoms with Crippen molar-refractivity contribution >= 4 is 29.0 Å². The van der Waals surface area contributed by atoms with Gasteiger partial charge >= 0.3 is 0 Å². The standard InChI is InChI=1S/C17H12Cl2N6O2/c1-26-13-7-6-9(8-12(13)19)25-15(20)14(22-24-25)17-21-16(23-27-17)10-4-2-3-5-11(10)18/h2-8H,20H2,1H3. The van der Waals surface area contributed by atoms with Crippen LogP contribution >= 0.6 is 23.2 Å². The molecule has 0 fully saturated rings. The molecule has 0 atom stereocenters. The number of rotatable bonds is 4. The smallest absolute Gasteiger partial charge is 0.282 e. The van der Waals surface area contributed by atoms with Crippen molar-refractivity contribution < 1.29 is 9.26 Å². The average molecular weight is 403 g/mol. The van der Waals surface area contributed by atoms with E-state index in [0.717, 1.165) is 0 Å². The van der Waals surface area contributed by atoms with E-state index in [0.29, 0.717) is 32.9 Å². The third kappa shape index (κ3) is 3.09. The van der Waals surface area contributed by atoms with Gasteiger partial charge in [-0.1, -0.05) is 45.7 Å². The van der Waals surface area contributed by atoms with Crippen LogP contribution in [0.1, 0.15) is 0 Å². The van der Waals surface area contributed by atoms with Crippen LogP contribution in [0.4, 0.5) is 5.82 Å². The molecule has 0 spiro atoms. The maximum Gasteiger partial charge on any atom is 0.282 e. The summed E-state index contributed by atoms with van der Waals surface area (Å²) >= 11 is 12.3. The summed E-state index contributed by atoms with van der Waals surface area (Å²) in [5.74, 6) is 1.23. The molecule has 2 N–H and O–H groups in total. The molecule has 10 heteroatoms. The Morgan fingerprint density at radius 3 is 2.67 bits per heavy atom. The molecular weight excluding hydrogens is 391 g/mol. The van der Waals surface area contributed by atoms with Crippen LogP contribution in [0.5, 0.6) is 5.75 Å². The largest absolute Gasteiger partial charge is 0.495 e. The zero-order valence-corrected chi connectivity index (χ0v) is 15.4. The number of aromatic nitrogens is 5. The van der Waals surface area contributed by atoms with Crippen molar-refractivity contribution in [2.75, 3.05) is 12.8 Å². The molecule has 0 aliphatic carbocycles. The van der Waals surface area contributed by atoms with Crippen LogP contribution in [0.25, 0.3) is 28.7 Å². The topological polar surface area (TPSA) is 105 Å². The van der Waals surface area contributed by atoms with Crippen LogP contribution in [-0.2, 0) is 0 Å². The molecule has 0 amide bonds. The van der Waals surface area contributed by atoms with E-state index in [1.54, 1.807) is 30.3 Å². The highest BCUT2D eigenvalue weighted by molar-refractivity contribution is 6.33. The van der Waals surface area contributed by atoms with Gasteiger partial charge in [0.05, 0.1) is 22.8 Å². The van der Waals surface area contributed by atoms with Gasteiger partial charge in [0.25, 0.3) is 5.89 Å². The van der Waals surface area contributed by atoms with Crippen molar-refractivity contribution in [3.63, 3.8) is 0 Å². The van der Waals surface area contributed by atoms with E-state index >= 15 is 0 Å². The first kappa shape index (κ1) is 17.3. The van der Waals surface area contributed by atoms with Crippen LogP contribution in [-0.4, -0.2) is 32.2 Å². The van der Waals surface area contributed by atoms with Crippen molar-refractivity contribution in [2.24, 2.45) is 0 Å². The minimum atomic E-state index is 0.133. The average Bonchev–Trinajstić information content (AvgIpc) is 3.28. The SMILES string of the molecule is COc1ccc(-n2nnc(-c3nc(-c4ccccc4Cl)no3)c2N)cc1Cl. The molecule has 0 radical (unpaired) electrons. The normalized spacial score (nSPS) is 10.9. The van der Waals surface area contributed by atoms with E-state index in [1.165, 1.54) is 11.8 Å². The molecule has 27 heavy (non-hydrogen) atoms. The van der Waals surface area contributed by atoms with Crippen LogP contribution in [0.15, 0.2) is 47.0 Å². The highest BCUT2D eigenvalue weighted by Crippen LogP contribution is 2.31. The lowest BCUT2D eigenvalue weighted by Crippen LogP contribution is -2.02. The van der Waals surface area contributed by atoms with Gasteiger partial charge in [-0.3, -0.25) is 0 Å². The summed E-state index contributed by atoms with van der Waals surface area (Å²) in [4.78, 5) is 4.32. The van der Waals surface area contributed by atoms with E-state index in [2.05, 4.69) is 20.5 Å². The number of methoxy groups -OCH3 is 1. The van der Waals surface area contributed by atoms with Crippen molar-refractivity contribution in [3.05, 3.63) is 52.5 Å². The van der Waals surface area contributed by atoms with Gasteiger partial charge in [-0.15, -0.1) is 5.10 Å². The number of halogens is 2. The van der Waals surface area contributed by atoms with Gasteiger partial charge in [-0.2, -0.15) is 9.67 Å². The van der Waals surface area contributed by atoms with Gasteiger partial charge < -0.3 is 15.0 Å². The maximum atomic E-state index is 6.18. The van der Waals surface area contributed by atoms with Gasteiger partial charge in [-0.05, 0) is 30.3 Å². The number of hydrogen-bond donors (Lipinski definition) is 1. The fraction of sp³-hybridized carbons (Fsp3) is 0.0588. The van der Waals surface area contributed by atoms with Crippen LogP contribution in [0.2, 0.25) is 10.0 Å². The van der Waals surface area contributed by atoms with E-state index in [1.807, 2.05) is 12.1 Å². The molecule has 0 aliphatic heterocycles. The lowest BCUT2D eigenvalue weighted by atomic mass is 10.2. The lowest BCUT2D eigenvalue weighted by Gasteiger charge is -2.06. The van der Waals surface area contributed by atoms with Crippen molar-refractivity contribution in [3.8, 4) is 34.4 Å². The van der Waals surface area contributed by atoms with Gasteiger partial charge in [-0.25, -0.2) is 0 Å². The van der Waals surface area contributed by atoms with Gasteiger partial charge in [0.15, 0.2) is 11.5 Å². The Morgan fingerprint density at radius 2 is 1.93 bits per heavy atom. The molecule has 0 saturated heterocycles. The van der Waals surface area contributed by atoms with Crippen LogP contribution in [0.3, 0.4) is 0 Å². The predicted octanol–water partition coefficient (Wildman–Crippen LogP) is 3.88. The third-order valence-corrected chi connectivity index (χ3v) is 4.45. The Bertz CT molecular complexity index is 1120. The number of nitrogen functional groups attached to an aromatic ring is 1. The highest BCUT2D eigenvalue weighted by Gasteiger charge is 2.21. The first-order chi connectivity index (χ1) is 13.1. The molecule has 4 rings (SSSR count). The minimum Gasteiger partial charge on any atom is -0.495 e. The second kappa shape index (κ2) is 6.90. The van der Waals surface area contributed by atoms with Gasteiger partial charge in [0.2, 0.25) is 5.82 Å². The summed E-state index contributed by atoms with van der Waals surface area (Å²) in [7, 11) is 1.54. The van der Waals surface area contributed by atoms with Crippen LogP contribution in [0, 0.1) is 0 Å². The summed E-state index contributed by atoms with van der Waals surface area (Å²) in [6, 6.07) is 12.3. The molecule has 2 aromatic carbocycles. The quantitative estimate of drug-likeness (QED) is 0.551. The molecular formula is C17H12Cl2N6O2. The molecule has 8 nitrogen and oxygen atoms in total. The molecule has 0 saturated carbocycles. The second-order valence-corrected chi connectivity index (χ2v) is 6.27. The molecule has 0 bridgehead atoms. The zero-order chi connectivity index (χ0) is 19.0. The Morgan fingerprint density at radius 1 is 1.11 bits per heavy atom. The number of benzene rings is 2. The Labute approximate surface area is 163 Å². The monoisotopic (exact) mass is 402 g/mol. The molecule has 0 aliphatic rings. The number of hydrogen-bond acceptors (Lipinski definition) is 7. The summed E-state index contributed by atoms with van der Waals surface area (Å²) < 4.78 is 11.8. The van der Waals surface area contributed by atoms with Gasteiger partial charge in [0.1, 0.15) is 5.75 Å². The minimum absolute atomic E-state index is 0.133. The summed E-state index contributed by atoms with van der Waals surface area (Å²) in [6.07, 6.45) is 0. The number of nitrogens with two attached hydrogens (primary N) is 1.